The van der Waals surface area contributed by atoms with Crippen molar-refractivity contribution >= 4 is 21.8 Å². The summed E-state index contributed by atoms with van der Waals surface area (Å²) in [6.45, 7) is 1.75. The van der Waals surface area contributed by atoms with Crippen molar-refractivity contribution in [2.24, 2.45) is 0 Å². The van der Waals surface area contributed by atoms with Crippen molar-refractivity contribution in [3.63, 3.8) is 0 Å². The van der Waals surface area contributed by atoms with Crippen LogP contribution in [0.5, 0.6) is 0 Å². The minimum atomic E-state index is 0.155. The van der Waals surface area contributed by atoms with Gasteiger partial charge in [0.15, 0.2) is 0 Å². The van der Waals surface area contributed by atoms with Gasteiger partial charge in [-0.3, -0.25) is 4.79 Å². The largest absolute Gasteiger partial charge is 0.338 e. The topological polar surface area (TPSA) is 20.3 Å². The molecular formula is C15H16BrNO. The second kappa shape index (κ2) is 4.88. The summed E-state index contributed by atoms with van der Waals surface area (Å²) in [7, 11) is 0. The van der Waals surface area contributed by atoms with Gasteiger partial charge in [-0.15, -0.1) is 0 Å². The molecular weight excluding hydrogens is 290 g/mol. The number of hydrogen-bond acceptors (Lipinski definition) is 1. The molecule has 18 heavy (non-hydrogen) atoms. The third kappa shape index (κ3) is 2.37. The normalized spacial score (nSPS) is 19.1. The number of piperidine rings is 1. The lowest BCUT2D eigenvalue weighted by atomic mass is 10.0. The van der Waals surface area contributed by atoms with Crippen LogP contribution in [0.15, 0.2) is 39.9 Å². The summed E-state index contributed by atoms with van der Waals surface area (Å²) in [5.74, 6) is 0.155. The quantitative estimate of drug-likeness (QED) is 0.723. The second-order valence-electron chi connectivity index (χ2n) is 4.98. The molecule has 0 radical (unpaired) electrons. The number of rotatable bonds is 1. The van der Waals surface area contributed by atoms with E-state index in [1.165, 1.54) is 12.8 Å². The molecule has 0 N–H and O–H groups in total. The van der Waals surface area contributed by atoms with Crippen LogP contribution < -0.4 is 0 Å². The van der Waals surface area contributed by atoms with Crippen LogP contribution in [-0.2, 0) is 0 Å². The van der Waals surface area contributed by atoms with Crippen LogP contribution in [0.4, 0.5) is 0 Å². The number of amides is 1. The Kier molecular flexibility index (Phi) is 3.25. The average molecular weight is 306 g/mol. The molecule has 0 bridgehead atoms. The maximum absolute atomic E-state index is 12.4. The molecule has 2 fully saturated rings. The van der Waals surface area contributed by atoms with Gasteiger partial charge in [0.05, 0.1) is 5.56 Å². The predicted octanol–water partition coefficient (Wildman–Crippen LogP) is 3.78. The summed E-state index contributed by atoms with van der Waals surface area (Å²) >= 11 is 3.45. The van der Waals surface area contributed by atoms with Gasteiger partial charge in [-0.1, -0.05) is 23.3 Å². The summed E-state index contributed by atoms with van der Waals surface area (Å²) in [4.78, 5) is 14.4. The zero-order valence-electron chi connectivity index (χ0n) is 10.3. The van der Waals surface area contributed by atoms with E-state index >= 15 is 0 Å². The van der Waals surface area contributed by atoms with E-state index in [-0.39, 0.29) is 5.91 Å². The van der Waals surface area contributed by atoms with Gasteiger partial charge in [0, 0.05) is 17.6 Å². The average Bonchev–Trinajstić information content (AvgIpc) is 3.23. The molecule has 0 atom stereocenters. The van der Waals surface area contributed by atoms with Crippen LogP contribution in [0.2, 0.25) is 0 Å². The SMILES string of the molecule is O=C(c1ccccc1Br)N1CCC(=C2CC2)CC1. The van der Waals surface area contributed by atoms with E-state index in [4.69, 9.17) is 0 Å². The standard InChI is InChI=1S/C15H16BrNO/c16-14-4-2-1-3-13(14)15(18)17-9-7-12(8-10-17)11-5-6-11/h1-4H,5-10H2. The van der Waals surface area contributed by atoms with Crippen molar-refractivity contribution in [3.05, 3.63) is 45.4 Å². The van der Waals surface area contributed by atoms with Crippen LogP contribution in [0.1, 0.15) is 36.0 Å². The van der Waals surface area contributed by atoms with Crippen molar-refractivity contribution in [1.29, 1.82) is 0 Å². The van der Waals surface area contributed by atoms with E-state index in [0.29, 0.717) is 0 Å². The van der Waals surface area contributed by atoms with Crippen LogP contribution in [0.25, 0.3) is 0 Å². The summed E-state index contributed by atoms with van der Waals surface area (Å²) in [5.41, 5.74) is 4.05. The van der Waals surface area contributed by atoms with Gasteiger partial charge >= 0.3 is 0 Å². The van der Waals surface area contributed by atoms with Crippen LogP contribution in [0, 0.1) is 0 Å². The highest BCUT2D eigenvalue weighted by Gasteiger charge is 2.25. The summed E-state index contributed by atoms with van der Waals surface area (Å²) in [6.07, 6.45) is 4.75. The Bertz CT molecular complexity index is 505. The number of benzene rings is 1. The summed E-state index contributed by atoms with van der Waals surface area (Å²) < 4.78 is 0.890. The third-order valence-electron chi connectivity index (χ3n) is 3.76. The minimum Gasteiger partial charge on any atom is -0.338 e. The molecule has 1 aliphatic heterocycles. The molecule has 3 rings (SSSR count). The highest BCUT2D eigenvalue weighted by molar-refractivity contribution is 9.10. The van der Waals surface area contributed by atoms with E-state index in [9.17, 15) is 4.79 Å². The van der Waals surface area contributed by atoms with Crippen molar-refractivity contribution < 1.29 is 4.79 Å². The number of allylic oxidation sites excluding steroid dienone is 1. The Labute approximate surface area is 116 Å². The van der Waals surface area contributed by atoms with Gasteiger partial charge in [0.1, 0.15) is 0 Å². The number of likely N-dealkylation sites (tertiary alicyclic amines) is 1. The second-order valence-corrected chi connectivity index (χ2v) is 5.83. The molecule has 0 spiro atoms. The van der Waals surface area contributed by atoms with Crippen molar-refractivity contribution in [1.82, 2.24) is 4.90 Å². The van der Waals surface area contributed by atoms with E-state index in [0.717, 1.165) is 36.0 Å². The lowest BCUT2D eigenvalue weighted by molar-refractivity contribution is 0.0742. The fraction of sp³-hybridized carbons (Fsp3) is 0.400. The molecule has 1 aromatic carbocycles. The fourth-order valence-electron chi connectivity index (χ4n) is 2.55. The monoisotopic (exact) mass is 305 g/mol. The van der Waals surface area contributed by atoms with Crippen molar-refractivity contribution in [3.8, 4) is 0 Å². The molecule has 94 valence electrons. The van der Waals surface area contributed by atoms with E-state index in [2.05, 4.69) is 15.9 Å². The highest BCUT2D eigenvalue weighted by Crippen LogP contribution is 2.36. The van der Waals surface area contributed by atoms with Gasteiger partial charge in [-0.25, -0.2) is 0 Å². The van der Waals surface area contributed by atoms with Gasteiger partial charge in [0.25, 0.3) is 5.91 Å². The molecule has 1 saturated heterocycles. The first-order valence-corrected chi connectivity index (χ1v) is 7.28. The third-order valence-corrected chi connectivity index (χ3v) is 4.45. The van der Waals surface area contributed by atoms with Gasteiger partial charge in [0.2, 0.25) is 0 Å². The van der Waals surface area contributed by atoms with Crippen molar-refractivity contribution in [2.75, 3.05) is 13.1 Å². The first kappa shape index (κ1) is 12.0. The van der Waals surface area contributed by atoms with Crippen LogP contribution in [0.3, 0.4) is 0 Å². The smallest absolute Gasteiger partial charge is 0.255 e. The summed E-state index contributed by atoms with van der Waals surface area (Å²) in [5, 5.41) is 0. The predicted molar refractivity (Wildman–Crippen MR) is 75.5 cm³/mol. The number of nitrogens with zero attached hydrogens (tertiary/aromatic N) is 1. The van der Waals surface area contributed by atoms with Gasteiger partial charge < -0.3 is 4.90 Å². The lowest BCUT2D eigenvalue weighted by Gasteiger charge is -2.29. The Morgan fingerprint density at radius 3 is 2.22 bits per heavy atom. The number of halogens is 1. The lowest BCUT2D eigenvalue weighted by Crippen LogP contribution is -2.36. The molecule has 1 aliphatic carbocycles. The summed E-state index contributed by atoms with van der Waals surface area (Å²) in [6, 6.07) is 7.67. The molecule has 1 saturated carbocycles. The van der Waals surface area contributed by atoms with E-state index in [1.807, 2.05) is 29.2 Å². The molecule has 1 aromatic rings. The minimum absolute atomic E-state index is 0.155. The zero-order valence-corrected chi connectivity index (χ0v) is 11.9. The zero-order chi connectivity index (χ0) is 12.5. The Hall–Kier alpha value is -1.09. The first-order valence-electron chi connectivity index (χ1n) is 6.49. The maximum Gasteiger partial charge on any atom is 0.255 e. The highest BCUT2D eigenvalue weighted by atomic mass is 79.9. The van der Waals surface area contributed by atoms with Crippen LogP contribution in [-0.4, -0.2) is 23.9 Å². The molecule has 2 nitrogen and oxygen atoms in total. The van der Waals surface area contributed by atoms with Gasteiger partial charge in [-0.2, -0.15) is 0 Å². The maximum atomic E-state index is 12.4. The Morgan fingerprint density at radius 1 is 1.00 bits per heavy atom. The molecule has 0 unspecified atom stereocenters. The fourth-order valence-corrected chi connectivity index (χ4v) is 3.01. The molecule has 2 aliphatic rings. The number of carbonyl (C=O) groups is 1. The molecule has 0 aromatic heterocycles. The molecule has 1 amide bonds. The Morgan fingerprint density at radius 2 is 1.61 bits per heavy atom. The number of hydrogen-bond donors (Lipinski definition) is 0. The molecule has 3 heteroatoms. The number of carbonyl (C=O) groups excluding carboxylic acids is 1. The van der Waals surface area contributed by atoms with Gasteiger partial charge in [-0.05, 0) is 53.7 Å². The Balaban J connectivity index is 1.71. The first-order chi connectivity index (χ1) is 8.75. The van der Waals surface area contributed by atoms with Crippen molar-refractivity contribution in [2.45, 2.75) is 25.7 Å². The molecule has 1 heterocycles. The van der Waals surface area contributed by atoms with E-state index < -0.39 is 0 Å². The van der Waals surface area contributed by atoms with Crippen LogP contribution >= 0.6 is 15.9 Å². The van der Waals surface area contributed by atoms with E-state index in [1.54, 1.807) is 11.1 Å².